The van der Waals surface area contributed by atoms with E-state index in [1.807, 2.05) is 0 Å². The second kappa shape index (κ2) is 7.39. The number of benzene rings is 1. The van der Waals surface area contributed by atoms with Gasteiger partial charge in [-0.1, -0.05) is 40.2 Å². The first-order valence-corrected chi connectivity index (χ1v) is 10.4. The third-order valence-corrected chi connectivity index (χ3v) is 7.53. The molecule has 1 aliphatic carbocycles. The van der Waals surface area contributed by atoms with Crippen LogP contribution in [-0.4, -0.2) is 30.7 Å². The zero-order valence-electron chi connectivity index (χ0n) is 13.5. The highest BCUT2D eigenvalue weighted by Crippen LogP contribution is 2.37. The van der Waals surface area contributed by atoms with Crippen molar-refractivity contribution in [2.24, 2.45) is 11.8 Å². The average Bonchev–Trinajstić information content (AvgIpc) is 2.62. The van der Waals surface area contributed by atoms with E-state index in [1.165, 1.54) is 27.0 Å². The number of nitro benzene ring substituents is 1. The third kappa shape index (κ3) is 3.86. The van der Waals surface area contributed by atoms with Crippen LogP contribution in [0.2, 0.25) is 0 Å². The van der Waals surface area contributed by atoms with Gasteiger partial charge in [0.2, 0.25) is 10.0 Å². The van der Waals surface area contributed by atoms with Crippen molar-refractivity contribution < 1.29 is 13.3 Å². The van der Waals surface area contributed by atoms with Gasteiger partial charge in [-0.2, -0.15) is 4.31 Å². The molecule has 0 aromatic heterocycles. The van der Waals surface area contributed by atoms with E-state index in [4.69, 9.17) is 0 Å². The molecule has 1 aromatic carbocycles. The van der Waals surface area contributed by atoms with E-state index in [0.29, 0.717) is 24.9 Å². The minimum Gasteiger partial charge on any atom is -0.258 e. The first kappa shape index (κ1) is 18.3. The lowest BCUT2D eigenvalue weighted by atomic mass is 9.83. The number of rotatable bonds is 4. The van der Waals surface area contributed by atoms with Crippen LogP contribution < -0.4 is 0 Å². The van der Waals surface area contributed by atoms with Crippen LogP contribution in [0, 0.1) is 22.0 Å². The quantitative estimate of drug-likeness (QED) is 0.415. The lowest BCUT2D eigenvalue weighted by molar-refractivity contribution is -0.385. The van der Waals surface area contributed by atoms with Crippen LogP contribution in [0.5, 0.6) is 0 Å². The van der Waals surface area contributed by atoms with Gasteiger partial charge in [-0.05, 0) is 35.7 Å². The molecule has 1 heterocycles. The SMILES string of the molecule is O=[N+]([O-])c1cccc(S(=O)(=O)N2CCC(C3C=CCC=C3Br)CC2)c1. The van der Waals surface area contributed by atoms with Crippen molar-refractivity contribution in [3.8, 4) is 0 Å². The molecule has 134 valence electrons. The van der Waals surface area contributed by atoms with Gasteiger partial charge in [0.25, 0.3) is 5.69 Å². The first-order chi connectivity index (χ1) is 11.9. The summed E-state index contributed by atoms with van der Waals surface area (Å²) in [5, 5.41) is 10.9. The van der Waals surface area contributed by atoms with Crippen molar-refractivity contribution in [2.75, 3.05) is 13.1 Å². The maximum absolute atomic E-state index is 12.8. The Kier molecular flexibility index (Phi) is 5.41. The van der Waals surface area contributed by atoms with Crippen LogP contribution in [0.1, 0.15) is 19.3 Å². The topological polar surface area (TPSA) is 80.5 Å². The fourth-order valence-corrected chi connectivity index (χ4v) is 5.62. The summed E-state index contributed by atoms with van der Waals surface area (Å²) in [6.07, 6.45) is 8.95. The Bertz CT molecular complexity index is 827. The molecule has 1 fully saturated rings. The normalized spacial score (nSPS) is 22.6. The fraction of sp³-hybridized carbons (Fsp3) is 0.412. The van der Waals surface area contributed by atoms with E-state index in [2.05, 4.69) is 34.2 Å². The number of nitro groups is 1. The number of non-ortho nitro benzene ring substituents is 1. The number of sulfonamides is 1. The highest BCUT2D eigenvalue weighted by molar-refractivity contribution is 9.11. The Balaban J connectivity index is 1.72. The molecule has 0 amide bonds. The van der Waals surface area contributed by atoms with Crippen LogP contribution in [-0.2, 0) is 10.0 Å². The zero-order valence-corrected chi connectivity index (χ0v) is 15.9. The number of nitrogens with zero attached hydrogens (tertiary/aromatic N) is 2. The van der Waals surface area contributed by atoms with Crippen LogP contribution in [0.15, 0.2) is 51.9 Å². The summed E-state index contributed by atoms with van der Waals surface area (Å²) in [6, 6.07) is 5.25. The summed E-state index contributed by atoms with van der Waals surface area (Å²) in [5.74, 6) is 0.718. The molecule has 1 unspecified atom stereocenters. The van der Waals surface area contributed by atoms with Crippen LogP contribution in [0.4, 0.5) is 5.69 Å². The number of hydrogen-bond donors (Lipinski definition) is 0. The molecule has 1 aromatic rings. The summed E-state index contributed by atoms with van der Waals surface area (Å²) in [4.78, 5) is 10.3. The van der Waals surface area contributed by atoms with Gasteiger partial charge in [-0.25, -0.2) is 8.42 Å². The Morgan fingerprint density at radius 1 is 1.24 bits per heavy atom. The van der Waals surface area contributed by atoms with Gasteiger partial charge < -0.3 is 0 Å². The second-order valence-electron chi connectivity index (χ2n) is 6.27. The molecule has 1 atom stereocenters. The van der Waals surface area contributed by atoms with Gasteiger partial charge in [0.15, 0.2) is 0 Å². The Labute approximate surface area is 155 Å². The van der Waals surface area contributed by atoms with E-state index >= 15 is 0 Å². The van der Waals surface area contributed by atoms with Gasteiger partial charge in [-0.3, -0.25) is 10.1 Å². The summed E-state index contributed by atoms with van der Waals surface area (Å²) in [7, 11) is -3.70. The van der Waals surface area contributed by atoms with Gasteiger partial charge in [0.1, 0.15) is 0 Å². The number of piperidine rings is 1. The maximum atomic E-state index is 12.8. The second-order valence-corrected chi connectivity index (χ2v) is 9.13. The molecule has 0 saturated carbocycles. The fourth-order valence-electron chi connectivity index (χ4n) is 3.40. The predicted octanol–water partition coefficient (Wildman–Crippen LogP) is 3.85. The molecule has 6 nitrogen and oxygen atoms in total. The highest BCUT2D eigenvalue weighted by Gasteiger charge is 2.33. The summed E-state index contributed by atoms with van der Waals surface area (Å²) < 4.78 is 28.2. The van der Waals surface area contributed by atoms with Crippen molar-refractivity contribution in [3.63, 3.8) is 0 Å². The van der Waals surface area contributed by atoms with Gasteiger partial charge in [-0.15, -0.1) is 0 Å². The molecular weight excluding hydrogens is 408 g/mol. The minimum atomic E-state index is -3.70. The number of allylic oxidation sites excluding steroid dienone is 4. The third-order valence-electron chi connectivity index (χ3n) is 4.78. The molecule has 8 heteroatoms. The van der Waals surface area contributed by atoms with Crippen molar-refractivity contribution in [1.82, 2.24) is 4.31 Å². The van der Waals surface area contributed by atoms with E-state index < -0.39 is 14.9 Å². The summed E-state index contributed by atoms with van der Waals surface area (Å²) in [5.41, 5.74) is -0.211. The monoisotopic (exact) mass is 426 g/mol. The molecule has 0 radical (unpaired) electrons. The highest BCUT2D eigenvalue weighted by atomic mass is 79.9. The standard InChI is InChI=1S/C17H19BrN2O4S/c18-17-7-2-1-6-16(17)13-8-10-19(11-9-13)25(23,24)15-5-3-4-14(12-15)20(21)22/h1,3-7,12-13,16H,2,8-11H2. The van der Waals surface area contributed by atoms with Gasteiger partial charge in [0.05, 0.1) is 9.82 Å². The Morgan fingerprint density at radius 3 is 2.60 bits per heavy atom. The molecule has 0 spiro atoms. The lowest BCUT2D eigenvalue weighted by Gasteiger charge is -2.35. The van der Waals surface area contributed by atoms with Crippen LogP contribution in [0.25, 0.3) is 0 Å². The van der Waals surface area contributed by atoms with Crippen molar-refractivity contribution in [2.45, 2.75) is 24.2 Å². The summed E-state index contributed by atoms with van der Waals surface area (Å²) in [6.45, 7) is 0.862. The van der Waals surface area contributed by atoms with Crippen LogP contribution in [0.3, 0.4) is 0 Å². The van der Waals surface area contributed by atoms with Crippen molar-refractivity contribution in [1.29, 1.82) is 0 Å². The smallest absolute Gasteiger partial charge is 0.258 e. The van der Waals surface area contributed by atoms with E-state index in [9.17, 15) is 18.5 Å². The molecule has 1 aliphatic heterocycles. The van der Waals surface area contributed by atoms with Gasteiger partial charge >= 0.3 is 0 Å². The molecule has 0 N–H and O–H groups in total. The molecule has 1 saturated heterocycles. The number of hydrogen-bond acceptors (Lipinski definition) is 4. The average molecular weight is 427 g/mol. The molecule has 3 rings (SSSR count). The van der Waals surface area contributed by atoms with Crippen molar-refractivity contribution in [3.05, 3.63) is 57.1 Å². The van der Waals surface area contributed by atoms with E-state index in [1.54, 1.807) is 0 Å². The van der Waals surface area contributed by atoms with Gasteiger partial charge in [0, 0.05) is 31.1 Å². The van der Waals surface area contributed by atoms with E-state index in [-0.39, 0.29) is 10.6 Å². The largest absolute Gasteiger partial charge is 0.270 e. The maximum Gasteiger partial charge on any atom is 0.270 e. The lowest BCUT2D eigenvalue weighted by Crippen LogP contribution is -2.40. The van der Waals surface area contributed by atoms with Crippen LogP contribution >= 0.6 is 15.9 Å². The first-order valence-electron chi connectivity index (χ1n) is 8.16. The Hall–Kier alpha value is -1.51. The minimum absolute atomic E-state index is 0.0150. The molecule has 2 aliphatic rings. The molecular formula is C17H19BrN2O4S. The molecule has 25 heavy (non-hydrogen) atoms. The zero-order chi connectivity index (χ0) is 18.0. The predicted molar refractivity (Wildman–Crippen MR) is 98.8 cm³/mol. The summed E-state index contributed by atoms with van der Waals surface area (Å²) >= 11 is 3.62. The van der Waals surface area contributed by atoms with Crippen molar-refractivity contribution >= 4 is 31.6 Å². The molecule has 0 bridgehead atoms. The van der Waals surface area contributed by atoms with E-state index in [0.717, 1.165) is 25.3 Å². The number of halogens is 1. The Morgan fingerprint density at radius 2 is 1.96 bits per heavy atom.